The number of hydrogen-bond acceptors (Lipinski definition) is 4. The first kappa shape index (κ1) is 21.0. The molecule has 1 aliphatic heterocycles. The average Bonchev–Trinajstić information content (AvgIpc) is 2.46. The van der Waals surface area contributed by atoms with Gasteiger partial charge in [0.05, 0.1) is 0 Å². The van der Waals surface area contributed by atoms with Crippen molar-refractivity contribution < 1.29 is 4.79 Å². The highest BCUT2D eigenvalue weighted by atomic mass is 35.5. The van der Waals surface area contributed by atoms with Crippen molar-refractivity contribution in [2.75, 3.05) is 18.0 Å². The largest absolute Gasteiger partial charge is 0.357 e. The zero-order valence-electron chi connectivity index (χ0n) is 13.0. The lowest BCUT2D eigenvalue weighted by Crippen LogP contribution is -2.31. The lowest BCUT2D eigenvalue weighted by atomic mass is 10.1. The van der Waals surface area contributed by atoms with Gasteiger partial charge in [-0.15, -0.1) is 24.8 Å². The number of carbonyl (C=O) groups excluding carboxylic acids is 1. The fourth-order valence-corrected chi connectivity index (χ4v) is 2.43. The van der Waals surface area contributed by atoms with Crippen molar-refractivity contribution in [1.29, 1.82) is 0 Å². The molecule has 1 amide bonds. The van der Waals surface area contributed by atoms with E-state index in [4.69, 9.17) is 5.73 Å². The summed E-state index contributed by atoms with van der Waals surface area (Å²) in [6.07, 6.45) is 5.96. The van der Waals surface area contributed by atoms with Gasteiger partial charge in [0, 0.05) is 38.3 Å². The number of nitrogens with zero attached hydrogens (tertiary/aromatic N) is 2. The van der Waals surface area contributed by atoms with Crippen LogP contribution in [0.1, 0.15) is 38.2 Å². The van der Waals surface area contributed by atoms with Crippen LogP contribution in [-0.4, -0.2) is 30.0 Å². The molecule has 0 saturated carbocycles. The van der Waals surface area contributed by atoms with Gasteiger partial charge in [0.1, 0.15) is 5.82 Å². The van der Waals surface area contributed by atoms with Crippen LogP contribution in [0.4, 0.5) is 5.82 Å². The summed E-state index contributed by atoms with van der Waals surface area (Å²) in [6, 6.07) is 3.91. The highest BCUT2D eigenvalue weighted by Gasteiger charge is 2.12. The molecule has 7 heteroatoms. The molecule has 1 unspecified atom stereocenters. The van der Waals surface area contributed by atoms with Gasteiger partial charge in [0.25, 0.3) is 0 Å². The summed E-state index contributed by atoms with van der Waals surface area (Å²) in [7, 11) is 0. The standard InChI is InChI=1S/C15H24N4O.2ClH/c1-12(16)9-15(20)18-11-13-5-6-17-14(10-13)19-7-3-2-4-8-19;;/h5-6,10,12H,2-4,7-9,11,16H2,1H3,(H,18,20);2*1H. The number of halogens is 2. The summed E-state index contributed by atoms with van der Waals surface area (Å²) >= 11 is 0. The predicted octanol–water partition coefficient (Wildman–Crippen LogP) is 2.27. The van der Waals surface area contributed by atoms with E-state index in [-0.39, 0.29) is 36.8 Å². The van der Waals surface area contributed by atoms with E-state index in [0.717, 1.165) is 24.5 Å². The minimum Gasteiger partial charge on any atom is -0.357 e. The Morgan fingerprint density at radius 1 is 1.36 bits per heavy atom. The normalized spacial score (nSPS) is 15.3. The van der Waals surface area contributed by atoms with E-state index < -0.39 is 0 Å². The molecule has 0 aliphatic carbocycles. The summed E-state index contributed by atoms with van der Waals surface area (Å²) in [5, 5.41) is 2.90. The summed E-state index contributed by atoms with van der Waals surface area (Å²) in [6.45, 7) is 4.52. The van der Waals surface area contributed by atoms with Gasteiger partial charge in [-0.25, -0.2) is 4.98 Å². The summed E-state index contributed by atoms with van der Waals surface area (Å²) in [5.74, 6) is 1.01. The smallest absolute Gasteiger partial charge is 0.221 e. The fourth-order valence-electron chi connectivity index (χ4n) is 2.43. The second-order valence-corrected chi connectivity index (χ2v) is 5.53. The van der Waals surface area contributed by atoms with Gasteiger partial charge in [-0.05, 0) is 43.9 Å². The Hall–Kier alpha value is -1.04. The number of nitrogens with one attached hydrogen (secondary N) is 1. The lowest BCUT2D eigenvalue weighted by Gasteiger charge is -2.27. The molecule has 0 radical (unpaired) electrons. The minimum atomic E-state index is -0.101. The van der Waals surface area contributed by atoms with Crippen LogP contribution in [0.5, 0.6) is 0 Å². The zero-order chi connectivity index (χ0) is 14.4. The van der Waals surface area contributed by atoms with Crippen molar-refractivity contribution in [3.8, 4) is 0 Å². The average molecular weight is 349 g/mol. The molecule has 2 heterocycles. The van der Waals surface area contributed by atoms with E-state index in [1.807, 2.05) is 19.2 Å². The van der Waals surface area contributed by atoms with Gasteiger partial charge in [0.2, 0.25) is 5.91 Å². The zero-order valence-corrected chi connectivity index (χ0v) is 14.6. The fraction of sp³-hybridized carbons (Fsp3) is 0.600. The molecule has 1 aliphatic rings. The SMILES string of the molecule is CC(N)CC(=O)NCc1ccnc(N2CCCCC2)c1.Cl.Cl. The van der Waals surface area contributed by atoms with Gasteiger partial charge in [-0.2, -0.15) is 0 Å². The molecule has 1 aromatic heterocycles. The number of rotatable bonds is 5. The Morgan fingerprint density at radius 3 is 2.68 bits per heavy atom. The Labute approximate surface area is 144 Å². The summed E-state index contributed by atoms with van der Waals surface area (Å²) in [4.78, 5) is 18.3. The number of hydrogen-bond donors (Lipinski definition) is 2. The van der Waals surface area contributed by atoms with E-state index in [1.165, 1.54) is 19.3 Å². The second kappa shape index (κ2) is 10.6. The maximum absolute atomic E-state index is 11.6. The molecule has 0 aromatic carbocycles. The van der Waals surface area contributed by atoms with Crippen LogP contribution < -0.4 is 16.0 Å². The highest BCUT2D eigenvalue weighted by Crippen LogP contribution is 2.18. The lowest BCUT2D eigenvalue weighted by molar-refractivity contribution is -0.121. The van der Waals surface area contributed by atoms with E-state index >= 15 is 0 Å². The molecule has 1 aromatic rings. The quantitative estimate of drug-likeness (QED) is 0.856. The topological polar surface area (TPSA) is 71.2 Å². The predicted molar refractivity (Wildman–Crippen MR) is 94.9 cm³/mol. The highest BCUT2D eigenvalue weighted by molar-refractivity contribution is 5.85. The van der Waals surface area contributed by atoms with E-state index in [9.17, 15) is 4.79 Å². The molecule has 1 saturated heterocycles. The van der Waals surface area contributed by atoms with Crippen LogP contribution in [0.25, 0.3) is 0 Å². The molecule has 3 N–H and O–H groups in total. The molecular weight excluding hydrogens is 323 g/mol. The van der Waals surface area contributed by atoms with Crippen LogP contribution in [0, 0.1) is 0 Å². The number of nitrogens with two attached hydrogens (primary N) is 1. The third-order valence-electron chi connectivity index (χ3n) is 3.49. The molecule has 1 fully saturated rings. The molecule has 22 heavy (non-hydrogen) atoms. The number of piperidine rings is 1. The van der Waals surface area contributed by atoms with E-state index in [0.29, 0.717) is 13.0 Å². The maximum Gasteiger partial charge on any atom is 0.221 e. The van der Waals surface area contributed by atoms with Crippen molar-refractivity contribution in [2.45, 2.75) is 45.2 Å². The molecule has 5 nitrogen and oxygen atoms in total. The van der Waals surface area contributed by atoms with E-state index in [1.54, 1.807) is 0 Å². The van der Waals surface area contributed by atoms with Crippen molar-refractivity contribution in [1.82, 2.24) is 10.3 Å². The number of anilines is 1. The molecule has 0 spiro atoms. The van der Waals surface area contributed by atoms with Crippen molar-refractivity contribution in [3.63, 3.8) is 0 Å². The van der Waals surface area contributed by atoms with Gasteiger partial charge < -0.3 is 16.0 Å². The monoisotopic (exact) mass is 348 g/mol. The third-order valence-corrected chi connectivity index (χ3v) is 3.49. The third kappa shape index (κ3) is 6.81. The van der Waals surface area contributed by atoms with Gasteiger partial charge in [-0.3, -0.25) is 4.79 Å². The van der Waals surface area contributed by atoms with Crippen molar-refractivity contribution in [2.24, 2.45) is 5.73 Å². The van der Waals surface area contributed by atoms with Crippen LogP contribution in [-0.2, 0) is 11.3 Å². The molecule has 126 valence electrons. The van der Waals surface area contributed by atoms with Gasteiger partial charge in [0.15, 0.2) is 0 Å². The summed E-state index contributed by atoms with van der Waals surface area (Å²) < 4.78 is 0. The van der Waals surface area contributed by atoms with Crippen LogP contribution in [0.3, 0.4) is 0 Å². The van der Waals surface area contributed by atoms with Gasteiger partial charge >= 0.3 is 0 Å². The summed E-state index contributed by atoms with van der Waals surface area (Å²) in [5.41, 5.74) is 6.69. The molecule has 2 rings (SSSR count). The molecule has 1 atom stereocenters. The second-order valence-electron chi connectivity index (χ2n) is 5.53. The van der Waals surface area contributed by atoms with Crippen LogP contribution in [0.15, 0.2) is 18.3 Å². The molecule has 0 bridgehead atoms. The maximum atomic E-state index is 11.6. The number of amides is 1. The van der Waals surface area contributed by atoms with Crippen molar-refractivity contribution in [3.05, 3.63) is 23.9 Å². The van der Waals surface area contributed by atoms with E-state index in [2.05, 4.69) is 21.3 Å². The van der Waals surface area contributed by atoms with Crippen LogP contribution in [0.2, 0.25) is 0 Å². The Bertz CT molecular complexity index is 451. The first-order valence-corrected chi connectivity index (χ1v) is 7.37. The van der Waals surface area contributed by atoms with Crippen LogP contribution >= 0.6 is 24.8 Å². The van der Waals surface area contributed by atoms with Gasteiger partial charge in [-0.1, -0.05) is 0 Å². The number of pyridine rings is 1. The number of carbonyl (C=O) groups is 1. The first-order valence-electron chi connectivity index (χ1n) is 7.37. The molecular formula is C15H26Cl2N4O. The Kier molecular flexibility index (Phi) is 10.1. The first-order chi connectivity index (χ1) is 9.65. The van der Waals surface area contributed by atoms with Crippen molar-refractivity contribution >= 4 is 36.5 Å². The number of aromatic nitrogens is 1. The minimum absolute atomic E-state index is 0. The Balaban J connectivity index is 0.00000220. The Morgan fingerprint density at radius 2 is 2.05 bits per heavy atom.